The summed E-state index contributed by atoms with van der Waals surface area (Å²) in [6.07, 6.45) is 0. The van der Waals surface area contributed by atoms with Gasteiger partial charge in [0, 0.05) is 0 Å². The largest absolute Gasteiger partial charge is 0.493 e. The van der Waals surface area contributed by atoms with Crippen LogP contribution in [0.1, 0.15) is 18.5 Å². The molecule has 8 heteroatoms. The minimum absolute atomic E-state index is 0.0618. The van der Waals surface area contributed by atoms with Crippen LogP contribution in [0.2, 0.25) is 5.02 Å². The van der Waals surface area contributed by atoms with E-state index in [-0.39, 0.29) is 28.7 Å². The molecule has 1 atom stereocenters. The molecule has 0 aromatic heterocycles. The third kappa shape index (κ3) is 3.36. The monoisotopic (exact) mass is 323 g/mol. The number of esters is 1. The van der Waals surface area contributed by atoms with Crippen LogP contribution in [0.25, 0.3) is 0 Å². The average molecular weight is 324 g/mol. The van der Waals surface area contributed by atoms with E-state index in [2.05, 4.69) is 4.74 Å². The summed E-state index contributed by atoms with van der Waals surface area (Å²) < 4.78 is 42.2. The molecule has 0 fully saturated rings. The summed E-state index contributed by atoms with van der Waals surface area (Å²) in [5, 5.41) is -0.145. The second-order valence-corrected chi connectivity index (χ2v) is 4.40. The van der Waals surface area contributed by atoms with Gasteiger partial charge in [-0.05, 0) is 18.6 Å². The Morgan fingerprint density at radius 2 is 2.00 bits per heavy atom. The molecule has 0 unspecified atom stereocenters. The van der Waals surface area contributed by atoms with Crippen LogP contribution in [0.3, 0.4) is 0 Å². The normalized spacial score (nSPS) is 12.7. The lowest BCUT2D eigenvalue weighted by Crippen LogP contribution is -2.41. The van der Waals surface area contributed by atoms with E-state index in [4.69, 9.17) is 26.8 Å². The number of methoxy groups -OCH3 is 2. The van der Waals surface area contributed by atoms with Gasteiger partial charge in [0.2, 0.25) is 0 Å². The zero-order valence-electron chi connectivity index (χ0n) is 11.8. The standard InChI is InChI=1S/C13H16ClF2NO4/c1-4-21-12(18)13(15,16)11(17)7-5-6-8(19-2)10(20-3)9(7)14/h5-6,11H,4,17H2,1-3H3/t11-/m0/s1. The van der Waals surface area contributed by atoms with Crippen molar-refractivity contribution in [1.82, 2.24) is 0 Å². The average Bonchev–Trinajstić information content (AvgIpc) is 2.46. The molecule has 0 spiro atoms. The number of hydrogen-bond acceptors (Lipinski definition) is 5. The molecule has 0 aliphatic rings. The van der Waals surface area contributed by atoms with Gasteiger partial charge in [-0.15, -0.1) is 0 Å². The molecular formula is C13H16ClF2NO4. The summed E-state index contributed by atoms with van der Waals surface area (Å²) >= 11 is 6.01. The first kappa shape index (κ1) is 17.5. The second-order valence-electron chi connectivity index (χ2n) is 4.03. The van der Waals surface area contributed by atoms with Crippen molar-refractivity contribution in [1.29, 1.82) is 0 Å². The molecule has 0 saturated carbocycles. The first-order chi connectivity index (χ1) is 9.81. The Hall–Kier alpha value is -1.60. The molecule has 0 heterocycles. The number of carbonyl (C=O) groups is 1. The van der Waals surface area contributed by atoms with Gasteiger partial charge in [-0.3, -0.25) is 0 Å². The van der Waals surface area contributed by atoms with Crippen molar-refractivity contribution in [3.63, 3.8) is 0 Å². The van der Waals surface area contributed by atoms with Gasteiger partial charge in [0.15, 0.2) is 11.5 Å². The van der Waals surface area contributed by atoms with Gasteiger partial charge < -0.3 is 19.9 Å². The van der Waals surface area contributed by atoms with E-state index in [1.807, 2.05) is 0 Å². The van der Waals surface area contributed by atoms with Gasteiger partial charge in [0.1, 0.15) is 6.04 Å². The fourth-order valence-corrected chi connectivity index (χ4v) is 2.05. The molecule has 0 saturated heterocycles. The number of rotatable bonds is 6. The Bertz CT molecular complexity index is 525. The third-order valence-corrected chi connectivity index (χ3v) is 3.18. The van der Waals surface area contributed by atoms with E-state index in [9.17, 15) is 13.6 Å². The number of halogens is 3. The van der Waals surface area contributed by atoms with E-state index < -0.39 is 17.9 Å². The van der Waals surface area contributed by atoms with Gasteiger partial charge in [0.05, 0.1) is 25.8 Å². The Morgan fingerprint density at radius 3 is 2.48 bits per heavy atom. The van der Waals surface area contributed by atoms with Crippen LogP contribution in [-0.2, 0) is 9.53 Å². The molecule has 1 aromatic carbocycles. The van der Waals surface area contributed by atoms with E-state index in [1.54, 1.807) is 0 Å². The van der Waals surface area contributed by atoms with Crippen molar-refractivity contribution < 1.29 is 27.8 Å². The number of ether oxygens (including phenoxy) is 3. The SMILES string of the molecule is CCOC(=O)C(F)(F)[C@@H](N)c1ccc(OC)c(OC)c1Cl. The van der Waals surface area contributed by atoms with Gasteiger partial charge in [-0.2, -0.15) is 8.78 Å². The third-order valence-electron chi connectivity index (χ3n) is 2.79. The van der Waals surface area contributed by atoms with Gasteiger partial charge in [-0.25, -0.2) is 4.79 Å². The molecular weight excluding hydrogens is 308 g/mol. The predicted molar refractivity (Wildman–Crippen MR) is 73.1 cm³/mol. The zero-order valence-corrected chi connectivity index (χ0v) is 12.5. The molecule has 1 aromatic rings. The fraction of sp³-hybridized carbons (Fsp3) is 0.462. The highest BCUT2D eigenvalue weighted by Gasteiger charge is 2.48. The van der Waals surface area contributed by atoms with E-state index in [0.29, 0.717) is 0 Å². The van der Waals surface area contributed by atoms with Crippen LogP contribution in [0.15, 0.2) is 12.1 Å². The highest BCUT2D eigenvalue weighted by Crippen LogP contribution is 2.42. The van der Waals surface area contributed by atoms with Gasteiger partial charge in [-0.1, -0.05) is 17.7 Å². The zero-order chi connectivity index (χ0) is 16.2. The summed E-state index contributed by atoms with van der Waals surface area (Å²) in [7, 11) is 2.68. The highest BCUT2D eigenvalue weighted by molar-refractivity contribution is 6.33. The van der Waals surface area contributed by atoms with Crippen LogP contribution in [0.4, 0.5) is 8.78 Å². The molecule has 0 aliphatic carbocycles. The molecule has 0 amide bonds. The minimum atomic E-state index is -3.92. The number of benzene rings is 1. The molecule has 1 rings (SSSR count). The Balaban J connectivity index is 3.24. The summed E-state index contributed by atoms with van der Waals surface area (Å²) in [4.78, 5) is 11.3. The van der Waals surface area contributed by atoms with Crippen molar-refractivity contribution in [2.24, 2.45) is 5.73 Å². The van der Waals surface area contributed by atoms with Crippen molar-refractivity contribution in [3.05, 3.63) is 22.7 Å². The Morgan fingerprint density at radius 1 is 1.38 bits per heavy atom. The Kier molecular flexibility index (Phi) is 5.74. The minimum Gasteiger partial charge on any atom is -0.493 e. The summed E-state index contributed by atoms with van der Waals surface area (Å²) in [5.74, 6) is -5.30. The Labute approximate surface area is 125 Å². The van der Waals surface area contributed by atoms with Crippen molar-refractivity contribution >= 4 is 17.6 Å². The second kappa shape index (κ2) is 6.91. The van der Waals surface area contributed by atoms with Crippen LogP contribution in [0.5, 0.6) is 11.5 Å². The quantitative estimate of drug-likeness (QED) is 0.815. The maximum Gasteiger partial charge on any atom is 0.379 e. The summed E-state index contributed by atoms with van der Waals surface area (Å²) in [6, 6.07) is 0.659. The van der Waals surface area contributed by atoms with E-state index in [0.717, 1.165) is 0 Å². The van der Waals surface area contributed by atoms with Crippen LogP contribution < -0.4 is 15.2 Å². The lowest BCUT2D eigenvalue weighted by Gasteiger charge is -2.23. The molecule has 0 aliphatic heterocycles. The van der Waals surface area contributed by atoms with Crippen molar-refractivity contribution in [2.75, 3.05) is 20.8 Å². The van der Waals surface area contributed by atoms with Crippen LogP contribution in [0, 0.1) is 0 Å². The first-order valence-electron chi connectivity index (χ1n) is 6.02. The van der Waals surface area contributed by atoms with E-state index >= 15 is 0 Å². The van der Waals surface area contributed by atoms with Gasteiger partial charge in [0.25, 0.3) is 0 Å². The molecule has 118 valence electrons. The maximum absolute atomic E-state index is 14.0. The lowest BCUT2D eigenvalue weighted by molar-refractivity contribution is -0.174. The highest BCUT2D eigenvalue weighted by atomic mass is 35.5. The smallest absolute Gasteiger partial charge is 0.379 e. The predicted octanol–water partition coefficient (Wildman–Crippen LogP) is 2.56. The molecule has 5 nitrogen and oxygen atoms in total. The molecule has 21 heavy (non-hydrogen) atoms. The molecule has 2 N–H and O–H groups in total. The number of nitrogens with two attached hydrogens (primary N) is 1. The van der Waals surface area contributed by atoms with E-state index in [1.165, 1.54) is 33.3 Å². The lowest BCUT2D eigenvalue weighted by atomic mass is 10.0. The van der Waals surface area contributed by atoms with Crippen molar-refractivity contribution in [3.8, 4) is 11.5 Å². The maximum atomic E-state index is 14.0. The van der Waals surface area contributed by atoms with Gasteiger partial charge >= 0.3 is 11.9 Å². The number of alkyl halides is 2. The van der Waals surface area contributed by atoms with Crippen molar-refractivity contribution in [2.45, 2.75) is 18.9 Å². The fourth-order valence-electron chi connectivity index (χ4n) is 1.69. The number of carbonyl (C=O) groups excluding carboxylic acids is 1. The summed E-state index contributed by atoms with van der Waals surface area (Å²) in [6.45, 7) is 1.24. The first-order valence-corrected chi connectivity index (χ1v) is 6.40. The molecule has 0 radical (unpaired) electrons. The number of hydrogen-bond donors (Lipinski definition) is 1. The van der Waals surface area contributed by atoms with Crippen LogP contribution in [-0.4, -0.2) is 32.7 Å². The van der Waals surface area contributed by atoms with Crippen LogP contribution >= 0.6 is 11.6 Å². The topological polar surface area (TPSA) is 70.8 Å². The molecule has 0 bridgehead atoms. The summed E-state index contributed by atoms with van der Waals surface area (Å²) in [5.41, 5.74) is 5.34.